The molecule has 1 atom stereocenters. The largest absolute Gasteiger partial charge is 0.467 e. The first-order chi connectivity index (χ1) is 8.02. The lowest BCUT2D eigenvalue weighted by Gasteiger charge is -2.12. The number of methoxy groups -OCH3 is 1. The van der Waals surface area contributed by atoms with Crippen LogP contribution in [0.4, 0.5) is 10.5 Å². The van der Waals surface area contributed by atoms with E-state index in [4.69, 9.17) is 0 Å². The van der Waals surface area contributed by atoms with Crippen molar-refractivity contribution in [3.63, 3.8) is 0 Å². The van der Waals surface area contributed by atoms with Gasteiger partial charge in [-0.25, -0.2) is 9.59 Å². The minimum absolute atomic E-state index is 0.438. The number of amides is 2. The second kappa shape index (κ2) is 5.89. The maximum absolute atomic E-state index is 11.5. The Morgan fingerprint density at radius 3 is 2.35 bits per heavy atom. The Bertz CT molecular complexity index is 401. The van der Waals surface area contributed by atoms with Gasteiger partial charge in [0.05, 0.1) is 7.11 Å². The average Bonchev–Trinajstić information content (AvgIpc) is 2.30. The van der Waals surface area contributed by atoms with Crippen molar-refractivity contribution >= 4 is 17.7 Å². The van der Waals surface area contributed by atoms with Crippen LogP contribution >= 0.6 is 0 Å². The molecule has 0 saturated carbocycles. The topological polar surface area (TPSA) is 67.4 Å². The number of anilines is 1. The van der Waals surface area contributed by atoms with Crippen molar-refractivity contribution in [2.24, 2.45) is 0 Å². The third-order valence-electron chi connectivity index (χ3n) is 2.21. The molecule has 5 heteroatoms. The molecule has 2 amide bonds. The lowest BCUT2D eigenvalue weighted by Crippen LogP contribution is -2.41. The molecule has 0 aliphatic carbocycles. The van der Waals surface area contributed by atoms with Gasteiger partial charge in [-0.3, -0.25) is 0 Å². The number of esters is 1. The first kappa shape index (κ1) is 13.0. The number of aryl methyl sites for hydroxylation is 1. The van der Waals surface area contributed by atoms with Gasteiger partial charge in [-0.05, 0) is 26.0 Å². The van der Waals surface area contributed by atoms with Crippen LogP contribution in [0.1, 0.15) is 12.5 Å². The van der Waals surface area contributed by atoms with Gasteiger partial charge < -0.3 is 15.4 Å². The van der Waals surface area contributed by atoms with Crippen LogP contribution in [-0.4, -0.2) is 25.2 Å². The van der Waals surface area contributed by atoms with Gasteiger partial charge in [-0.2, -0.15) is 0 Å². The number of nitrogens with one attached hydrogen (secondary N) is 2. The maximum atomic E-state index is 11.5. The number of ether oxygens (including phenoxy) is 1. The highest BCUT2D eigenvalue weighted by atomic mass is 16.5. The van der Waals surface area contributed by atoms with E-state index in [2.05, 4.69) is 15.4 Å². The van der Waals surface area contributed by atoms with Gasteiger partial charge in [-0.15, -0.1) is 0 Å². The molecule has 2 N–H and O–H groups in total. The van der Waals surface area contributed by atoms with E-state index < -0.39 is 18.0 Å². The standard InChI is InChI=1S/C12H16N2O3/c1-8-4-6-10(7-5-8)14-12(16)13-9(2)11(15)17-3/h4-7,9H,1-3H3,(H2,13,14,16). The van der Waals surface area contributed by atoms with Gasteiger partial charge in [0.15, 0.2) is 0 Å². The zero-order valence-corrected chi connectivity index (χ0v) is 10.1. The number of urea groups is 1. The Labute approximate surface area is 100 Å². The average molecular weight is 236 g/mol. The molecule has 1 aromatic carbocycles. The predicted molar refractivity (Wildman–Crippen MR) is 64.8 cm³/mol. The molecule has 0 spiro atoms. The van der Waals surface area contributed by atoms with Gasteiger partial charge in [0.25, 0.3) is 0 Å². The lowest BCUT2D eigenvalue weighted by atomic mass is 10.2. The van der Waals surface area contributed by atoms with Crippen molar-refractivity contribution in [1.29, 1.82) is 0 Å². The van der Waals surface area contributed by atoms with Crippen LogP contribution in [-0.2, 0) is 9.53 Å². The molecule has 17 heavy (non-hydrogen) atoms. The Balaban J connectivity index is 2.50. The molecule has 0 radical (unpaired) electrons. The highest BCUT2D eigenvalue weighted by Gasteiger charge is 2.15. The normalized spacial score (nSPS) is 11.5. The molecule has 0 fully saturated rings. The number of carbonyl (C=O) groups excluding carboxylic acids is 2. The van der Waals surface area contributed by atoms with E-state index in [9.17, 15) is 9.59 Å². The number of benzene rings is 1. The lowest BCUT2D eigenvalue weighted by molar-refractivity contribution is -0.142. The van der Waals surface area contributed by atoms with E-state index >= 15 is 0 Å². The summed E-state index contributed by atoms with van der Waals surface area (Å²) >= 11 is 0. The zero-order valence-electron chi connectivity index (χ0n) is 10.1. The molecule has 0 aromatic heterocycles. The van der Waals surface area contributed by atoms with Crippen LogP contribution in [0.25, 0.3) is 0 Å². The molecule has 0 aliphatic heterocycles. The highest BCUT2D eigenvalue weighted by molar-refractivity contribution is 5.92. The second-order valence-electron chi connectivity index (χ2n) is 3.71. The van der Waals surface area contributed by atoms with Crippen LogP contribution < -0.4 is 10.6 Å². The van der Waals surface area contributed by atoms with E-state index in [0.29, 0.717) is 5.69 Å². The monoisotopic (exact) mass is 236 g/mol. The summed E-state index contributed by atoms with van der Waals surface area (Å²) < 4.78 is 4.50. The van der Waals surface area contributed by atoms with Crippen LogP contribution in [0.15, 0.2) is 24.3 Å². The van der Waals surface area contributed by atoms with Crippen LogP contribution in [0.3, 0.4) is 0 Å². The minimum Gasteiger partial charge on any atom is -0.467 e. The molecular weight excluding hydrogens is 220 g/mol. The summed E-state index contributed by atoms with van der Waals surface area (Å²) in [5.74, 6) is -0.482. The van der Waals surface area contributed by atoms with E-state index in [1.165, 1.54) is 7.11 Å². The van der Waals surface area contributed by atoms with Crippen molar-refractivity contribution in [3.05, 3.63) is 29.8 Å². The quantitative estimate of drug-likeness (QED) is 0.784. The van der Waals surface area contributed by atoms with Crippen LogP contribution in [0.2, 0.25) is 0 Å². The Morgan fingerprint density at radius 2 is 1.82 bits per heavy atom. The molecule has 5 nitrogen and oxygen atoms in total. The Morgan fingerprint density at radius 1 is 1.24 bits per heavy atom. The molecule has 1 aromatic rings. The predicted octanol–water partition coefficient (Wildman–Crippen LogP) is 1.68. The summed E-state index contributed by atoms with van der Waals surface area (Å²) in [6.07, 6.45) is 0. The smallest absolute Gasteiger partial charge is 0.328 e. The summed E-state index contributed by atoms with van der Waals surface area (Å²) in [6, 6.07) is 6.24. The summed E-state index contributed by atoms with van der Waals surface area (Å²) in [6.45, 7) is 3.52. The minimum atomic E-state index is -0.676. The summed E-state index contributed by atoms with van der Waals surface area (Å²) in [4.78, 5) is 22.6. The van der Waals surface area contributed by atoms with Crippen molar-refractivity contribution in [3.8, 4) is 0 Å². The fourth-order valence-corrected chi connectivity index (χ4v) is 1.24. The van der Waals surface area contributed by atoms with Crippen molar-refractivity contribution in [1.82, 2.24) is 5.32 Å². The van der Waals surface area contributed by atoms with Gasteiger partial charge in [0, 0.05) is 5.69 Å². The third kappa shape index (κ3) is 4.14. The third-order valence-corrected chi connectivity index (χ3v) is 2.21. The number of rotatable bonds is 3. The summed E-state index contributed by atoms with van der Waals surface area (Å²) in [5, 5.41) is 5.09. The SMILES string of the molecule is COC(=O)C(C)NC(=O)Nc1ccc(C)cc1. The van der Waals surface area contributed by atoms with Gasteiger partial charge in [0.1, 0.15) is 6.04 Å². The molecule has 92 valence electrons. The maximum Gasteiger partial charge on any atom is 0.328 e. The molecular formula is C12H16N2O3. The van der Waals surface area contributed by atoms with E-state index in [1.807, 2.05) is 19.1 Å². The van der Waals surface area contributed by atoms with Gasteiger partial charge in [0.2, 0.25) is 0 Å². The number of carbonyl (C=O) groups is 2. The first-order valence-electron chi connectivity index (χ1n) is 5.25. The molecule has 1 unspecified atom stereocenters. The van der Waals surface area contributed by atoms with Crippen LogP contribution in [0.5, 0.6) is 0 Å². The van der Waals surface area contributed by atoms with Crippen molar-refractivity contribution in [2.75, 3.05) is 12.4 Å². The molecule has 1 rings (SSSR count). The molecule has 0 bridgehead atoms. The molecule has 0 heterocycles. The van der Waals surface area contributed by atoms with Crippen molar-refractivity contribution in [2.45, 2.75) is 19.9 Å². The zero-order chi connectivity index (χ0) is 12.8. The first-order valence-corrected chi connectivity index (χ1v) is 5.25. The van der Waals surface area contributed by atoms with Crippen molar-refractivity contribution < 1.29 is 14.3 Å². The Kier molecular flexibility index (Phi) is 4.51. The van der Waals surface area contributed by atoms with E-state index in [1.54, 1.807) is 19.1 Å². The number of hydrogen-bond donors (Lipinski definition) is 2. The molecule has 0 saturated heterocycles. The van der Waals surface area contributed by atoms with E-state index in [-0.39, 0.29) is 0 Å². The van der Waals surface area contributed by atoms with Gasteiger partial charge >= 0.3 is 12.0 Å². The summed E-state index contributed by atoms with van der Waals surface area (Å²) in [5.41, 5.74) is 1.78. The fraction of sp³-hybridized carbons (Fsp3) is 0.333. The fourth-order valence-electron chi connectivity index (χ4n) is 1.24. The number of hydrogen-bond acceptors (Lipinski definition) is 3. The van der Waals surface area contributed by atoms with Gasteiger partial charge in [-0.1, -0.05) is 17.7 Å². The van der Waals surface area contributed by atoms with E-state index in [0.717, 1.165) is 5.56 Å². The summed E-state index contributed by atoms with van der Waals surface area (Å²) in [7, 11) is 1.28. The Hall–Kier alpha value is -2.04. The molecule has 0 aliphatic rings. The second-order valence-corrected chi connectivity index (χ2v) is 3.71. The van der Waals surface area contributed by atoms with Crippen LogP contribution in [0, 0.1) is 6.92 Å². The highest BCUT2D eigenvalue weighted by Crippen LogP contribution is 2.08.